The highest BCUT2D eigenvalue weighted by Gasteiger charge is 2.35. The fourth-order valence-corrected chi connectivity index (χ4v) is 4.39. The highest BCUT2D eigenvalue weighted by molar-refractivity contribution is 8.18. The van der Waals surface area contributed by atoms with Crippen molar-refractivity contribution in [3.63, 3.8) is 0 Å². The summed E-state index contributed by atoms with van der Waals surface area (Å²) in [6, 6.07) is 7.65. The summed E-state index contributed by atoms with van der Waals surface area (Å²) < 4.78 is 0. The Hall–Kier alpha value is -2.23. The second kappa shape index (κ2) is 6.34. The number of aromatic nitrogens is 3. The lowest BCUT2D eigenvalue weighted by molar-refractivity contribution is -0.123. The first kappa shape index (κ1) is 15.3. The van der Waals surface area contributed by atoms with Gasteiger partial charge < -0.3 is 0 Å². The number of rotatable bonds is 4. The number of carbonyl (C=O) groups is 2. The van der Waals surface area contributed by atoms with Crippen molar-refractivity contribution >= 4 is 51.7 Å². The van der Waals surface area contributed by atoms with E-state index in [1.807, 2.05) is 35.0 Å². The van der Waals surface area contributed by atoms with Crippen LogP contribution < -0.4 is 0 Å². The summed E-state index contributed by atoms with van der Waals surface area (Å²) >= 11 is 4.00. The standard InChI is InChI=1S/C15H10N4O2S3/c20-14-11(7-9-3-1-5-22-9)24-15(21)19(14)8-12-16-13(18-17-12)10-4-2-6-23-10/h1-7H,8H2,(H,16,17,18). The number of hydrogen-bond donors (Lipinski definition) is 1. The molecular formula is C15H10N4O2S3. The number of aromatic amines is 1. The second-order valence-corrected chi connectivity index (χ2v) is 7.79. The summed E-state index contributed by atoms with van der Waals surface area (Å²) in [7, 11) is 0. The number of thioether (sulfide) groups is 1. The molecule has 0 saturated carbocycles. The summed E-state index contributed by atoms with van der Waals surface area (Å²) in [6.07, 6.45) is 1.74. The molecule has 120 valence electrons. The van der Waals surface area contributed by atoms with Crippen LogP contribution in [-0.4, -0.2) is 31.2 Å². The monoisotopic (exact) mass is 374 g/mol. The molecule has 0 unspecified atom stereocenters. The molecule has 1 N–H and O–H groups in total. The summed E-state index contributed by atoms with van der Waals surface area (Å²) in [6.45, 7) is 0.0881. The first-order valence-corrected chi connectivity index (χ1v) is 9.52. The van der Waals surface area contributed by atoms with Gasteiger partial charge in [-0.3, -0.25) is 19.6 Å². The smallest absolute Gasteiger partial charge is 0.268 e. The van der Waals surface area contributed by atoms with Crippen LogP contribution in [0.15, 0.2) is 39.9 Å². The van der Waals surface area contributed by atoms with E-state index in [1.54, 1.807) is 6.08 Å². The lowest BCUT2D eigenvalue weighted by atomic mass is 10.3. The van der Waals surface area contributed by atoms with Crippen LogP contribution in [0.25, 0.3) is 16.8 Å². The van der Waals surface area contributed by atoms with Crippen LogP contribution in [0.5, 0.6) is 0 Å². The molecule has 0 spiro atoms. The molecule has 4 rings (SSSR count). The summed E-state index contributed by atoms with van der Waals surface area (Å²) in [5.74, 6) is 0.756. The molecule has 0 aromatic carbocycles. The molecule has 9 heteroatoms. The molecule has 24 heavy (non-hydrogen) atoms. The maximum absolute atomic E-state index is 12.4. The molecule has 1 saturated heterocycles. The summed E-state index contributed by atoms with van der Waals surface area (Å²) in [5, 5.41) is 10.5. The number of nitrogens with zero attached hydrogens (tertiary/aromatic N) is 3. The van der Waals surface area contributed by atoms with E-state index >= 15 is 0 Å². The molecule has 0 radical (unpaired) electrons. The Kier molecular flexibility index (Phi) is 4.05. The summed E-state index contributed by atoms with van der Waals surface area (Å²) in [5.41, 5.74) is 0. The van der Waals surface area contributed by atoms with E-state index < -0.39 is 0 Å². The van der Waals surface area contributed by atoms with Gasteiger partial charge in [-0.25, -0.2) is 4.98 Å². The van der Waals surface area contributed by atoms with Crippen molar-refractivity contribution in [2.75, 3.05) is 0 Å². The van der Waals surface area contributed by atoms with Gasteiger partial charge in [-0.05, 0) is 40.7 Å². The van der Waals surface area contributed by atoms with E-state index in [0.717, 1.165) is 21.5 Å². The maximum atomic E-state index is 12.4. The van der Waals surface area contributed by atoms with Gasteiger partial charge in [-0.1, -0.05) is 12.1 Å². The Morgan fingerprint density at radius 1 is 1.17 bits per heavy atom. The van der Waals surface area contributed by atoms with Crippen LogP contribution in [0.3, 0.4) is 0 Å². The quantitative estimate of drug-likeness (QED) is 0.702. The van der Waals surface area contributed by atoms with Gasteiger partial charge in [0.15, 0.2) is 5.82 Å². The Bertz CT molecular complexity index is 913. The van der Waals surface area contributed by atoms with E-state index in [2.05, 4.69) is 15.2 Å². The third-order valence-electron chi connectivity index (χ3n) is 3.27. The number of imide groups is 1. The molecule has 0 aliphatic carbocycles. The fourth-order valence-electron chi connectivity index (χ4n) is 2.17. The van der Waals surface area contributed by atoms with Crippen LogP contribution in [-0.2, 0) is 11.3 Å². The molecule has 1 aliphatic heterocycles. The number of hydrogen-bond acceptors (Lipinski definition) is 7. The first-order chi connectivity index (χ1) is 11.7. The highest BCUT2D eigenvalue weighted by Crippen LogP contribution is 2.33. The van der Waals surface area contributed by atoms with Gasteiger partial charge in [0.2, 0.25) is 0 Å². The normalized spacial score (nSPS) is 16.5. The van der Waals surface area contributed by atoms with Crippen LogP contribution in [0.1, 0.15) is 10.7 Å². The van der Waals surface area contributed by atoms with Crippen molar-refractivity contribution in [2.24, 2.45) is 0 Å². The van der Waals surface area contributed by atoms with Gasteiger partial charge >= 0.3 is 0 Å². The van der Waals surface area contributed by atoms with Gasteiger partial charge in [0.05, 0.1) is 16.3 Å². The first-order valence-electron chi connectivity index (χ1n) is 6.95. The third kappa shape index (κ3) is 2.93. The van der Waals surface area contributed by atoms with Crippen molar-refractivity contribution in [2.45, 2.75) is 6.54 Å². The summed E-state index contributed by atoms with van der Waals surface area (Å²) in [4.78, 5) is 32.4. The lowest BCUT2D eigenvalue weighted by Gasteiger charge is -2.09. The zero-order chi connectivity index (χ0) is 16.5. The zero-order valence-corrected chi connectivity index (χ0v) is 14.6. The minimum absolute atomic E-state index is 0.0881. The van der Waals surface area contributed by atoms with E-state index in [4.69, 9.17) is 0 Å². The van der Waals surface area contributed by atoms with E-state index in [0.29, 0.717) is 16.6 Å². The number of carbonyl (C=O) groups excluding carboxylic acids is 2. The Labute approximate surface area is 149 Å². The SMILES string of the molecule is O=C1SC(=Cc2cccs2)C(=O)N1Cc1nc(-c2cccs2)n[nH]1. The van der Waals surface area contributed by atoms with Crippen LogP contribution in [0.4, 0.5) is 4.79 Å². The molecule has 3 aromatic rings. The molecular weight excluding hydrogens is 364 g/mol. The molecule has 4 heterocycles. The minimum atomic E-state index is -0.299. The van der Waals surface area contributed by atoms with Crippen LogP contribution in [0, 0.1) is 0 Å². The Morgan fingerprint density at radius 2 is 2.00 bits per heavy atom. The lowest BCUT2D eigenvalue weighted by Crippen LogP contribution is -2.28. The van der Waals surface area contributed by atoms with Gasteiger partial charge in [0.25, 0.3) is 11.1 Å². The molecule has 2 amide bonds. The van der Waals surface area contributed by atoms with Crippen molar-refractivity contribution in [3.05, 3.63) is 50.6 Å². The van der Waals surface area contributed by atoms with Crippen molar-refractivity contribution < 1.29 is 9.59 Å². The average molecular weight is 374 g/mol. The largest absolute Gasteiger partial charge is 0.293 e. The molecule has 1 fully saturated rings. The zero-order valence-electron chi connectivity index (χ0n) is 12.1. The minimum Gasteiger partial charge on any atom is -0.268 e. The predicted molar refractivity (Wildman–Crippen MR) is 95.5 cm³/mol. The number of thiophene rings is 2. The second-order valence-electron chi connectivity index (χ2n) is 4.87. The third-order valence-corrected chi connectivity index (χ3v) is 5.86. The fraction of sp³-hybridized carbons (Fsp3) is 0.0667. The van der Waals surface area contributed by atoms with Crippen molar-refractivity contribution in [1.29, 1.82) is 0 Å². The van der Waals surface area contributed by atoms with Gasteiger partial charge in [0.1, 0.15) is 5.82 Å². The van der Waals surface area contributed by atoms with Gasteiger partial charge in [-0.15, -0.1) is 22.7 Å². The molecule has 0 atom stereocenters. The molecule has 0 bridgehead atoms. The van der Waals surface area contributed by atoms with E-state index in [9.17, 15) is 9.59 Å². The van der Waals surface area contributed by atoms with Crippen molar-refractivity contribution in [1.82, 2.24) is 20.1 Å². The average Bonchev–Trinajstić information content (AvgIpc) is 3.33. The Morgan fingerprint density at radius 3 is 2.75 bits per heavy atom. The number of amides is 2. The number of H-pyrrole nitrogens is 1. The molecule has 6 nitrogen and oxygen atoms in total. The van der Waals surface area contributed by atoms with Crippen LogP contribution in [0.2, 0.25) is 0 Å². The van der Waals surface area contributed by atoms with Gasteiger partial charge in [0, 0.05) is 4.88 Å². The molecule has 1 aliphatic rings. The number of nitrogens with one attached hydrogen (secondary N) is 1. The Balaban J connectivity index is 1.52. The topological polar surface area (TPSA) is 79.0 Å². The van der Waals surface area contributed by atoms with E-state index in [-0.39, 0.29) is 17.7 Å². The maximum Gasteiger partial charge on any atom is 0.293 e. The predicted octanol–water partition coefficient (Wildman–Crippen LogP) is 3.83. The van der Waals surface area contributed by atoms with Crippen molar-refractivity contribution in [3.8, 4) is 10.7 Å². The highest BCUT2D eigenvalue weighted by atomic mass is 32.2. The van der Waals surface area contributed by atoms with Gasteiger partial charge in [-0.2, -0.15) is 5.10 Å². The van der Waals surface area contributed by atoms with Crippen LogP contribution >= 0.6 is 34.4 Å². The van der Waals surface area contributed by atoms with E-state index in [1.165, 1.54) is 27.6 Å². The molecule has 3 aromatic heterocycles.